The zero-order valence-electron chi connectivity index (χ0n) is 23.8. The molecule has 0 aliphatic carbocycles. The summed E-state index contributed by atoms with van der Waals surface area (Å²) in [4.78, 5) is 23.3. The maximum atomic E-state index is 15.0. The maximum Gasteiger partial charge on any atom is 0.278 e. The number of nitrogens with zero attached hydrogens (tertiary/aromatic N) is 5. The SMILES string of the molecule is CC1(c2ccc(C(N)=O)cc2F)Oc2cccc(C3CCN(Cc4nc5cc(C#N)cnc5n4CC4CCO4)CC3)c2O1. The van der Waals surface area contributed by atoms with Gasteiger partial charge in [0, 0.05) is 30.9 Å². The van der Waals surface area contributed by atoms with Gasteiger partial charge >= 0.3 is 0 Å². The number of benzene rings is 2. The van der Waals surface area contributed by atoms with Gasteiger partial charge in [0.25, 0.3) is 5.79 Å². The molecule has 220 valence electrons. The van der Waals surface area contributed by atoms with E-state index >= 15 is 4.39 Å². The number of nitriles is 1. The van der Waals surface area contributed by atoms with Gasteiger partial charge in [-0.2, -0.15) is 5.26 Å². The largest absolute Gasteiger partial charge is 0.444 e. The summed E-state index contributed by atoms with van der Waals surface area (Å²) in [5, 5.41) is 9.33. The highest BCUT2D eigenvalue weighted by atomic mass is 19.1. The van der Waals surface area contributed by atoms with Crippen LogP contribution in [0, 0.1) is 17.1 Å². The molecule has 0 bridgehead atoms. The molecule has 5 heterocycles. The summed E-state index contributed by atoms with van der Waals surface area (Å²) >= 11 is 0. The molecular formula is C32H31FN6O4. The number of piperidine rings is 1. The van der Waals surface area contributed by atoms with Gasteiger partial charge in [-0.15, -0.1) is 0 Å². The first kappa shape index (κ1) is 27.3. The predicted molar refractivity (Wildman–Crippen MR) is 154 cm³/mol. The van der Waals surface area contributed by atoms with Crippen molar-refractivity contribution in [2.45, 2.75) is 57.1 Å². The van der Waals surface area contributed by atoms with Crippen LogP contribution in [0.1, 0.15) is 65.0 Å². The summed E-state index contributed by atoms with van der Waals surface area (Å²) < 4.78 is 35.4. The fourth-order valence-electron chi connectivity index (χ4n) is 6.28. The van der Waals surface area contributed by atoms with Gasteiger partial charge in [0.05, 0.1) is 30.3 Å². The Morgan fingerprint density at radius 1 is 1.19 bits per heavy atom. The van der Waals surface area contributed by atoms with E-state index in [1.807, 2.05) is 12.1 Å². The van der Waals surface area contributed by atoms with Crippen molar-refractivity contribution >= 4 is 17.1 Å². The Hall–Kier alpha value is -4.53. The van der Waals surface area contributed by atoms with Crippen LogP contribution >= 0.6 is 0 Å². The summed E-state index contributed by atoms with van der Waals surface area (Å²) in [6.45, 7) is 5.53. The number of rotatable bonds is 7. The number of pyridine rings is 1. The van der Waals surface area contributed by atoms with Crippen molar-refractivity contribution in [3.63, 3.8) is 0 Å². The van der Waals surface area contributed by atoms with Crippen LogP contribution < -0.4 is 15.2 Å². The topological polar surface area (TPSA) is 129 Å². The number of imidazole rings is 1. The minimum absolute atomic E-state index is 0.0860. The van der Waals surface area contributed by atoms with E-state index in [0.717, 1.165) is 67.6 Å². The number of hydrogen-bond acceptors (Lipinski definition) is 8. The molecule has 10 nitrogen and oxygen atoms in total. The maximum absolute atomic E-state index is 15.0. The monoisotopic (exact) mass is 582 g/mol. The Bertz CT molecular complexity index is 1770. The molecule has 2 aromatic heterocycles. The number of primary amides is 1. The molecule has 7 rings (SSSR count). The van der Waals surface area contributed by atoms with E-state index in [9.17, 15) is 10.1 Å². The van der Waals surface area contributed by atoms with Crippen molar-refractivity contribution < 1.29 is 23.4 Å². The Kier molecular flexibility index (Phi) is 6.75. The molecule has 2 fully saturated rings. The van der Waals surface area contributed by atoms with E-state index in [1.165, 1.54) is 12.1 Å². The van der Waals surface area contributed by atoms with E-state index in [4.69, 9.17) is 24.9 Å². The van der Waals surface area contributed by atoms with Crippen LogP contribution in [-0.2, 0) is 23.6 Å². The van der Waals surface area contributed by atoms with Crippen molar-refractivity contribution in [3.8, 4) is 17.6 Å². The van der Waals surface area contributed by atoms with Crippen molar-refractivity contribution in [3.05, 3.63) is 82.6 Å². The van der Waals surface area contributed by atoms with Crippen LogP contribution in [0.5, 0.6) is 11.5 Å². The number of nitrogens with two attached hydrogens (primary N) is 1. The fraction of sp³-hybridized carbons (Fsp3) is 0.375. The Labute approximate surface area is 247 Å². The highest BCUT2D eigenvalue weighted by Gasteiger charge is 2.43. The summed E-state index contributed by atoms with van der Waals surface area (Å²) in [5.74, 6) is -0.335. The quantitative estimate of drug-likeness (QED) is 0.341. The molecule has 2 N–H and O–H groups in total. The number of amides is 1. The highest BCUT2D eigenvalue weighted by molar-refractivity contribution is 5.92. The van der Waals surface area contributed by atoms with Crippen LogP contribution in [0.4, 0.5) is 4.39 Å². The van der Waals surface area contributed by atoms with Crippen molar-refractivity contribution in [2.24, 2.45) is 5.73 Å². The summed E-state index contributed by atoms with van der Waals surface area (Å²) in [5.41, 5.74) is 8.63. The molecule has 3 aliphatic rings. The summed E-state index contributed by atoms with van der Waals surface area (Å²) in [7, 11) is 0. The average molecular weight is 583 g/mol. The molecule has 0 saturated carbocycles. The molecular weight excluding hydrogens is 551 g/mol. The molecule has 2 aromatic carbocycles. The zero-order valence-corrected chi connectivity index (χ0v) is 23.8. The van der Waals surface area contributed by atoms with E-state index < -0.39 is 17.5 Å². The highest BCUT2D eigenvalue weighted by Crippen LogP contribution is 2.49. The van der Waals surface area contributed by atoms with E-state index in [-0.39, 0.29) is 23.1 Å². The van der Waals surface area contributed by atoms with Gasteiger partial charge in [0.15, 0.2) is 17.1 Å². The normalized spacial score (nSPS) is 21.9. The first-order chi connectivity index (χ1) is 20.8. The van der Waals surface area contributed by atoms with Crippen molar-refractivity contribution in [1.82, 2.24) is 19.4 Å². The van der Waals surface area contributed by atoms with Gasteiger partial charge in [-0.1, -0.05) is 12.1 Å². The molecule has 3 aliphatic heterocycles. The fourth-order valence-corrected chi connectivity index (χ4v) is 6.28. The number of aromatic nitrogens is 3. The molecule has 11 heteroatoms. The Morgan fingerprint density at radius 2 is 2.00 bits per heavy atom. The lowest BCUT2D eigenvalue weighted by Crippen LogP contribution is -2.35. The number of likely N-dealkylation sites (tertiary alicyclic amines) is 1. The van der Waals surface area contributed by atoms with Gasteiger partial charge in [-0.3, -0.25) is 9.69 Å². The third-order valence-corrected chi connectivity index (χ3v) is 8.72. The lowest BCUT2D eigenvalue weighted by atomic mass is 9.88. The first-order valence-corrected chi connectivity index (χ1v) is 14.5. The second-order valence-electron chi connectivity index (χ2n) is 11.5. The van der Waals surface area contributed by atoms with Crippen molar-refractivity contribution in [2.75, 3.05) is 19.7 Å². The molecule has 2 saturated heterocycles. The minimum Gasteiger partial charge on any atom is -0.444 e. The van der Waals surface area contributed by atoms with Gasteiger partial charge in [0.2, 0.25) is 5.91 Å². The van der Waals surface area contributed by atoms with Gasteiger partial charge in [-0.25, -0.2) is 14.4 Å². The molecule has 4 aromatic rings. The number of ether oxygens (including phenoxy) is 3. The van der Waals surface area contributed by atoms with Crippen LogP contribution in [0.15, 0.2) is 48.7 Å². The Morgan fingerprint density at radius 3 is 2.70 bits per heavy atom. The van der Waals surface area contributed by atoms with Crippen LogP contribution in [0.2, 0.25) is 0 Å². The lowest BCUT2D eigenvalue weighted by molar-refractivity contribution is -0.0712. The zero-order chi connectivity index (χ0) is 29.7. The second kappa shape index (κ2) is 10.6. The molecule has 43 heavy (non-hydrogen) atoms. The standard InChI is InChI=1S/C32H31FN6O4/c1-32(24-6-5-21(30(35)40)14-25(24)33)42-27-4-2-3-23(29(27)43-32)20-7-10-38(11-8-20)18-28-37-26-13-19(15-34)16-36-31(26)39(28)17-22-9-12-41-22/h2-6,13-14,16,20,22H,7-12,17-18H2,1H3,(H2,35,40). The number of halogens is 1. The lowest BCUT2D eigenvalue weighted by Gasteiger charge is -2.33. The van der Waals surface area contributed by atoms with Gasteiger partial charge in [-0.05, 0) is 68.6 Å². The molecule has 2 atom stereocenters. The second-order valence-corrected chi connectivity index (χ2v) is 11.5. The molecule has 0 radical (unpaired) electrons. The third-order valence-electron chi connectivity index (χ3n) is 8.72. The summed E-state index contributed by atoms with van der Waals surface area (Å²) in [6, 6.07) is 13.8. The molecule has 2 unspecified atom stereocenters. The molecule has 0 spiro atoms. The number of fused-ring (bicyclic) bond motifs is 2. The first-order valence-electron chi connectivity index (χ1n) is 14.5. The van der Waals surface area contributed by atoms with E-state index in [2.05, 4.69) is 26.6 Å². The minimum atomic E-state index is -1.37. The van der Waals surface area contributed by atoms with Crippen molar-refractivity contribution in [1.29, 1.82) is 5.26 Å². The number of carbonyl (C=O) groups excluding carboxylic acids is 1. The Balaban J connectivity index is 1.07. The number of carbonyl (C=O) groups is 1. The predicted octanol–water partition coefficient (Wildman–Crippen LogP) is 4.35. The average Bonchev–Trinajstić information content (AvgIpc) is 3.51. The van der Waals surface area contributed by atoms with Crippen LogP contribution in [-0.4, -0.2) is 51.1 Å². The number of hydrogen-bond donors (Lipinski definition) is 1. The summed E-state index contributed by atoms with van der Waals surface area (Å²) in [6.07, 6.45) is 4.57. The smallest absolute Gasteiger partial charge is 0.278 e. The van der Waals surface area contributed by atoms with E-state index in [0.29, 0.717) is 30.2 Å². The van der Waals surface area contributed by atoms with Crippen LogP contribution in [0.25, 0.3) is 11.2 Å². The van der Waals surface area contributed by atoms with Gasteiger partial charge in [0.1, 0.15) is 23.2 Å². The number of para-hydroxylation sites is 1. The van der Waals surface area contributed by atoms with Gasteiger partial charge < -0.3 is 24.5 Å². The molecule has 1 amide bonds. The van der Waals surface area contributed by atoms with E-state index in [1.54, 1.807) is 19.2 Å². The third kappa shape index (κ3) is 4.96. The van der Waals surface area contributed by atoms with Crippen LogP contribution in [0.3, 0.4) is 0 Å².